The zero-order chi connectivity index (χ0) is 18.8. The average Bonchev–Trinajstić information content (AvgIpc) is 2.95. The van der Waals surface area contributed by atoms with Crippen molar-refractivity contribution in [3.8, 4) is 0 Å². The lowest BCUT2D eigenvalue weighted by molar-refractivity contribution is 0.0308. The van der Waals surface area contributed by atoms with Crippen LogP contribution >= 0.6 is 11.3 Å². The van der Waals surface area contributed by atoms with Crippen LogP contribution in [-0.2, 0) is 17.9 Å². The summed E-state index contributed by atoms with van der Waals surface area (Å²) in [5.41, 5.74) is 2.12. The van der Waals surface area contributed by atoms with Gasteiger partial charge in [-0.2, -0.15) is 0 Å². The Hall–Kier alpha value is -1.96. The van der Waals surface area contributed by atoms with Crippen molar-refractivity contribution < 1.29 is 9.84 Å². The highest BCUT2D eigenvalue weighted by Crippen LogP contribution is 2.17. The molecule has 2 aromatic rings. The van der Waals surface area contributed by atoms with Crippen molar-refractivity contribution in [1.29, 1.82) is 0 Å². The van der Waals surface area contributed by atoms with Crippen molar-refractivity contribution in [2.75, 3.05) is 19.7 Å². The first kappa shape index (κ1) is 20.4. The van der Waals surface area contributed by atoms with Gasteiger partial charge >= 0.3 is 0 Å². The van der Waals surface area contributed by atoms with E-state index in [2.05, 4.69) is 20.6 Å². The number of aliphatic hydroxyl groups is 1. The lowest BCUT2D eigenvalue weighted by Gasteiger charge is -2.15. The minimum atomic E-state index is -0.602. The Labute approximate surface area is 159 Å². The Kier molecular flexibility index (Phi) is 8.53. The van der Waals surface area contributed by atoms with Crippen LogP contribution in [0.3, 0.4) is 0 Å². The minimum Gasteiger partial charge on any atom is -0.389 e. The normalized spacial score (nSPS) is 12.8. The number of guanidine groups is 1. The van der Waals surface area contributed by atoms with Gasteiger partial charge in [0.15, 0.2) is 5.96 Å². The Morgan fingerprint density at radius 3 is 2.69 bits per heavy atom. The van der Waals surface area contributed by atoms with Crippen LogP contribution in [0.5, 0.6) is 0 Å². The monoisotopic (exact) mass is 376 g/mol. The van der Waals surface area contributed by atoms with E-state index in [4.69, 9.17) is 4.74 Å². The molecule has 0 aliphatic rings. The van der Waals surface area contributed by atoms with Crippen molar-refractivity contribution in [3.63, 3.8) is 0 Å². The van der Waals surface area contributed by atoms with Crippen LogP contribution in [0.25, 0.3) is 0 Å². The van der Waals surface area contributed by atoms with Gasteiger partial charge in [0.2, 0.25) is 0 Å². The molecule has 1 aromatic carbocycles. The maximum absolute atomic E-state index is 10.1. The fraction of sp³-hybridized carbons (Fsp3) is 0.474. The number of aliphatic imine (C=N–C) groups is 1. The molecule has 7 heteroatoms. The van der Waals surface area contributed by atoms with Gasteiger partial charge in [-0.3, -0.25) is 0 Å². The van der Waals surface area contributed by atoms with Crippen LogP contribution in [0.1, 0.15) is 28.1 Å². The summed E-state index contributed by atoms with van der Waals surface area (Å²) in [6, 6.07) is 9.93. The standard InChI is InChI=1S/C19H28N4O2S/c1-4-20-19(22-11-18-14(2)23-15(3)26-18)21-10-17(24)13-25-12-16-8-6-5-7-9-16/h5-9,17,24H,4,10-13H2,1-3H3,(H2,20,21,22). The molecule has 26 heavy (non-hydrogen) atoms. The van der Waals surface area contributed by atoms with Crippen LogP contribution in [0, 0.1) is 13.8 Å². The van der Waals surface area contributed by atoms with E-state index in [-0.39, 0.29) is 6.61 Å². The molecule has 1 aromatic heterocycles. The molecule has 1 atom stereocenters. The number of rotatable bonds is 9. The lowest BCUT2D eigenvalue weighted by Crippen LogP contribution is -2.42. The van der Waals surface area contributed by atoms with Gasteiger partial charge in [0.05, 0.1) is 36.6 Å². The van der Waals surface area contributed by atoms with Gasteiger partial charge in [-0.25, -0.2) is 9.98 Å². The fourth-order valence-corrected chi connectivity index (χ4v) is 3.23. The number of aryl methyl sites for hydroxylation is 2. The number of thiazole rings is 1. The van der Waals surface area contributed by atoms with Crippen molar-refractivity contribution in [2.45, 2.75) is 40.0 Å². The fourth-order valence-electron chi connectivity index (χ4n) is 2.37. The van der Waals surface area contributed by atoms with E-state index in [1.807, 2.05) is 51.1 Å². The van der Waals surface area contributed by atoms with Crippen LogP contribution in [0.15, 0.2) is 35.3 Å². The predicted octanol–water partition coefficient (Wildman–Crippen LogP) is 2.39. The van der Waals surface area contributed by atoms with E-state index >= 15 is 0 Å². The first-order chi connectivity index (χ1) is 12.6. The van der Waals surface area contributed by atoms with Gasteiger partial charge in [0, 0.05) is 18.0 Å². The van der Waals surface area contributed by atoms with Crippen molar-refractivity contribution in [2.24, 2.45) is 4.99 Å². The summed E-state index contributed by atoms with van der Waals surface area (Å²) >= 11 is 1.66. The largest absolute Gasteiger partial charge is 0.389 e. The Morgan fingerprint density at radius 2 is 2.04 bits per heavy atom. The third kappa shape index (κ3) is 7.11. The molecule has 0 aliphatic carbocycles. The topological polar surface area (TPSA) is 78.8 Å². The van der Waals surface area contributed by atoms with E-state index in [0.717, 1.165) is 27.7 Å². The van der Waals surface area contributed by atoms with E-state index in [9.17, 15) is 5.11 Å². The molecule has 3 N–H and O–H groups in total. The molecule has 0 aliphatic heterocycles. The maximum atomic E-state index is 10.1. The van der Waals surface area contributed by atoms with Crippen molar-refractivity contribution in [3.05, 3.63) is 51.5 Å². The smallest absolute Gasteiger partial charge is 0.191 e. The number of aliphatic hydroxyl groups excluding tert-OH is 1. The summed E-state index contributed by atoms with van der Waals surface area (Å²) < 4.78 is 5.56. The number of nitrogens with zero attached hydrogens (tertiary/aromatic N) is 2. The average molecular weight is 377 g/mol. The highest BCUT2D eigenvalue weighted by Gasteiger charge is 2.08. The SMILES string of the molecule is CCNC(=NCc1sc(C)nc1C)NCC(O)COCc1ccccc1. The number of hydrogen-bond donors (Lipinski definition) is 3. The highest BCUT2D eigenvalue weighted by molar-refractivity contribution is 7.11. The molecule has 0 saturated heterocycles. The number of hydrogen-bond acceptors (Lipinski definition) is 5. The number of aromatic nitrogens is 1. The number of benzene rings is 1. The van der Waals surface area contributed by atoms with Gasteiger partial charge in [-0.05, 0) is 26.3 Å². The summed E-state index contributed by atoms with van der Waals surface area (Å²) in [6.07, 6.45) is -0.602. The first-order valence-corrected chi connectivity index (χ1v) is 9.65. The summed E-state index contributed by atoms with van der Waals surface area (Å²) in [4.78, 5) is 10.1. The molecule has 1 unspecified atom stereocenters. The molecule has 2 rings (SSSR count). The second-order valence-electron chi connectivity index (χ2n) is 5.97. The molecule has 1 heterocycles. The molecule has 6 nitrogen and oxygen atoms in total. The highest BCUT2D eigenvalue weighted by atomic mass is 32.1. The zero-order valence-corrected chi connectivity index (χ0v) is 16.5. The maximum Gasteiger partial charge on any atom is 0.191 e. The van der Waals surface area contributed by atoms with Crippen molar-refractivity contribution in [1.82, 2.24) is 15.6 Å². The predicted molar refractivity (Wildman–Crippen MR) is 107 cm³/mol. The number of ether oxygens (including phenoxy) is 1. The molecular weight excluding hydrogens is 348 g/mol. The lowest BCUT2D eigenvalue weighted by atomic mass is 10.2. The molecular formula is C19H28N4O2S. The summed E-state index contributed by atoms with van der Waals surface area (Å²) in [5.74, 6) is 0.681. The van der Waals surface area contributed by atoms with E-state index in [1.54, 1.807) is 11.3 Å². The van der Waals surface area contributed by atoms with Crippen molar-refractivity contribution >= 4 is 17.3 Å². The van der Waals surface area contributed by atoms with Gasteiger partial charge in [-0.1, -0.05) is 30.3 Å². The Morgan fingerprint density at radius 1 is 1.27 bits per heavy atom. The molecule has 0 amide bonds. The van der Waals surface area contributed by atoms with Crippen LogP contribution in [0.4, 0.5) is 0 Å². The molecule has 142 valence electrons. The van der Waals surface area contributed by atoms with E-state index in [0.29, 0.717) is 25.7 Å². The third-order valence-corrected chi connectivity index (χ3v) is 4.71. The second-order valence-corrected chi connectivity index (χ2v) is 7.26. The molecule has 0 saturated carbocycles. The zero-order valence-electron chi connectivity index (χ0n) is 15.7. The van der Waals surface area contributed by atoms with Crippen LogP contribution < -0.4 is 10.6 Å². The molecule has 0 spiro atoms. The first-order valence-electron chi connectivity index (χ1n) is 8.83. The van der Waals surface area contributed by atoms with Gasteiger partial charge < -0.3 is 20.5 Å². The Balaban J connectivity index is 1.75. The van der Waals surface area contributed by atoms with Gasteiger partial charge in [0.25, 0.3) is 0 Å². The van der Waals surface area contributed by atoms with Crippen LogP contribution in [0.2, 0.25) is 0 Å². The quantitative estimate of drug-likeness (QED) is 0.463. The summed E-state index contributed by atoms with van der Waals surface area (Å²) in [7, 11) is 0. The van der Waals surface area contributed by atoms with Gasteiger partial charge in [0.1, 0.15) is 0 Å². The van der Waals surface area contributed by atoms with E-state index < -0.39 is 6.10 Å². The van der Waals surface area contributed by atoms with Crippen LogP contribution in [-0.4, -0.2) is 41.9 Å². The van der Waals surface area contributed by atoms with Gasteiger partial charge in [-0.15, -0.1) is 11.3 Å². The van der Waals surface area contributed by atoms with E-state index in [1.165, 1.54) is 0 Å². The summed E-state index contributed by atoms with van der Waals surface area (Å²) in [6.45, 7) is 8.49. The Bertz CT molecular complexity index is 688. The molecule has 0 bridgehead atoms. The molecule has 0 radical (unpaired) electrons. The number of nitrogens with one attached hydrogen (secondary N) is 2. The molecule has 0 fully saturated rings. The summed E-state index contributed by atoms with van der Waals surface area (Å²) in [5, 5.41) is 17.5. The third-order valence-electron chi connectivity index (χ3n) is 3.65. The minimum absolute atomic E-state index is 0.272. The second kappa shape index (κ2) is 10.9.